The Bertz CT molecular complexity index is 2510. The number of hydrogen-bond acceptors (Lipinski definition) is 5. The summed E-state index contributed by atoms with van der Waals surface area (Å²) in [7, 11) is 0. The van der Waals surface area contributed by atoms with Crippen LogP contribution in [0.3, 0.4) is 0 Å². The lowest BCUT2D eigenvalue weighted by Crippen LogP contribution is -2.10. The van der Waals surface area contributed by atoms with Crippen molar-refractivity contribution in [1.29, 1.82) is 0 Å². The van der Waals surface area contributed by atoms with Crippen molar-refractivity contribution in [2.45, 2.75) is 13.0 Å². The summed E-state index contributed by atoms with van der Waals surface area (Å²) < 4.78 is 0. The minimum absolute atomic E-state index is 0.469. The molecule has 51 heavy (non-hydrogen) atoms. The van der Waals surface area contributed by atoms with E-state index in [-0.39, 0.29) is 0 Å². The van der Waals surface area contributed by atoms with E-state index < -0.39 is 0 Å². The summed E-state index contributed by atoms with van der Waals surface area (Å²) in [4.78, 5) is 20.9. The Morgan fingerprint density at radius 2 is 1.20 bits per heavy atom. The van der Waals surface area contributed by atoms with Crippen molar-refractivity contribution in [2.75, 3.05) is 0 Å². The van der Waals surface area contributed by atoms with Crippen LogP contribution < -0.4 is 5.73 Å². The Morgan fingerprint density at radius 1 is 0.608 bits per heavy atom. The molecule has 1 heterocycles. The van der Waals surface area contributed by atoms with Gasteiger partial charge in [-0.15, -0.1) is 0 Å². The molecule has 5 heteroatoms. The maximum absolute atomic E-state index is 6.90. The van der Waals surface area contributed by atoms with Crippen LogP contribution >= 0.6 is 0 Å². The van der Waals surface area contributed by atoms with E-state index in [2.05, 4.69) is 91.0 Å². The Hall–Kier alpha value is -6.72. The molecule has 0 saturated heterocycles. The third-order valence-electron chi connectivity index (χ3n) is 8.99. The molecule has 0 amide bonds. The van der Waals surface area contributed by atoms with Crippen LogP contribution in [0, 0.1) is 0 Å². The summed E-state index contributed by atoms with van der Waals surface area (Å²) in [6.45, 7) is 0.469. The first kappa shape index (κ1) is 31.5. The molecule has 0 saturated carbocycles. The summed E-state index contributed by atoms with van der Waals surface area (Å²) in [5.41, 5.74) is 13.9. The van der Waals surface area contributed by atoms with E-state index in [1.54, 1.807) is 0 Å². The summed E-state index contributed by atoms with van der Waals surface area (Å²) >= 11 is 0. The molecule has 0 radical (unpaired) electrons. The third kappa shape index (κ3) is 6.65. The molecule has 0 fully saturated rings. The summed E-state index contributed by atoms with van der Waals surface area (Å²) in [5.74, 6) is 1.77. The third-order valence-corrected chi connectivity index (χ3v) is 8.99. The molecule has 7 aromatic rings. The van der Waals surface area contributed by atoms with Crippen molar-refractivity contribution in [3.63, 3.8) is 0 Å². The molecule has 1 aromatic heterocycles. The molecule has 0 spiro atoms. The van der Waals surface area contributed by atoms with Gasteiger partial charge in [0.05, 0.1) is 12.3 Å². The van der Waals surface area contributed by atoms with Gasteiger partial charge in [-0.05, 0) is 45.2 Å². The fourth-order valence-corrected chi connectivity index (χ4v) is 6.52. The SMILES string of the molecule is N/C(=C\C(=NCc1ccccc1)c1c(-c2nc(C3=CC=CCC=C3)nc(-c3ccccc3)n2)c2ccccc2c2ccccc12)c1ccccc1. The number of aliphatic imine (C=N–C) groups is 1. The molecule has 244 valence electrons. The highest BCUT2D eigenvalue weighted by Gasteiger charge is 2.23. The summed E-state index contributed by atoms with van der Waals surface area (Å²) in [6.07, 6.45) is 13.3. The Labute approximate surface area is 297 Å². The smallest absolute Gasteiger partial charge is 0.165 e. The molecular weight excluding hydrogens is 623 g/mol. The number of nitrogens with two attached hydrogens (primary N) is 1. The Morgan fingerprint density at radius 3 is 1.94 bits per heavy atom. The highest BCUT2D eigenvalue weighted by atomic mass is 15.0. The molecule has 0 aliphatic heterocycles. The lowest BCUT2D eigenvalue weighted by Gasteiger charge is -2.19. The molecule has 6 aromatic carbocycles. The number of rotatable bonds is 8. The molecule has 1 aliphatic rings. The number of aromatic nitrogens is 3. The van der Waals surface area contributed by atoms with Gasteiger partial charge in [-0.25, -0.2) is 15.0 Å². The summed E-state index contributed by atoms with van der Waals surface area (Å²) in [6, 6.07) is 47.4. The van der Waals surface area contributed by atoms with Crippen molar-refractivity contribution in [3.8, 4) is 22.8 Å². The standard InChI is InChI=1S/C46H35N5/c47-40(33-20-10-4-11-21-33)30-41(48-31-32-18-6-3-7-19-32)42-38-28-16-14-26-36(38)37-27-15-17-29-39(37)43(42)46-50-44(34-22-8-1-2-9-23-34)49-45(51-46)35-24-12-5-13-25-35/h1,3-30H,2,31,47H2/b40-30-,48-41?. The zero-order chi connectivity index (χ0) is 34.4. The van der Waals surface area contributed by atoms with Gasteiger partial charge in [0.15, 0.2) is 17.5 Å². The van der Waals surface area contributed by atoms with E-state index in [4.69, 9.17) is 25.7 Å². The van der Waals surface area contributed by atoms with Gasteiger partial charge in [0.1, 0.15) is 0 Å². The van der Waals surface area contributed by atoms with Crippen LogP contribution in [0.15, 0.2) is 181 Å². The molecule has 5 nitrogen and oxygen atoms in total. The maximum Gasteiger partial charge on any atom is 0.165 e. The molecule has 2 N–H and O–H groups in total. The Kier molecular flexibility index (Phi) is 8.91. The second-order valence-electron chi connectivity index (χ2n) is 12.4. The quantitative estimate of drug-likeness (QED) is 0.130. The predicted molar refractivity (Wildman–Crippen MR) is 212 cm³/mol. The van der Waals surface area contributed by atoms with Gasteiger partial charge >= 0.3 is 0 Å². The number of benzene rings is 6. The van der Waals surface area contributed by atoms with E-state index in [1.807, 2.05) is 84.9 Å². The van der Waals surface area contributed by atoms with E-state index >= 15 is 0 Å². The maximum atomic E-state index is 6.90. The fraction of sp³-hybridized carbons (Fsp3) is 0.0435. The molecule has 0 atom stereocenters. The van der Waals surface area contributed by atoms with Crippen LogP contribution in [0.4, 0.5) is 0 Å². The van der Waals surface area contributed by atoms with Gasteiger partial charge in [-0.3, -0.25) is 4.99 Å². The van der Waals surface area contributed by atoms with Crippen LogP contribution in [-0.2, 0) is 6.54 Å². The highest BCUT2D eigenvalue weighted by molar-refractivity contribution is 6.28. The fourth-order valence-electron chi connectivity index (χ4n) is 6.52. The highest BCUT2D eigenvalue weighted by Crippen LogP contribution is 2.40. The van der Waals surface area contributed by atoms with Gasteiger partial charge < -0.3 is 5.73 Å². The lowest BCUT2D eigenvalue weighted by atomic mass is 9.88. The van der Waals surface area contributed by atoms with Crippen LogP contribution in [0.25, 0.3) is 55.6 Å². The topological polar surface area (TPSA) is 77.0 Å². The van der Waals surface area contributed by atoms with Gasteiger partial charge in [0.25, 0.3) is 0 Å². The average Bonchev–Trinajstić information content (AvgIpc) is 3.50. The largest absolute Gasteiger partial charge is 0.398 e. The molecule has 0 bridgehead atoms. The number of allylic oxidation sites excluding steroid dienone is 7. The normalized spacial score (nSPS) is 13.4. The molecule has 8 rings (SSSR count). The van der Waals surface area contributed by atoms with Crippen molar-refractivity contribution in [2.24, 2.45) is 10.7 Å². The van der Waals surface area contributed by atoms with Crippen LogP contribution in [0.2, 0.25) is 0 Å². The Balaban J connectivity index is 1.48. The van der Waals surface area contributed by atoms with E-state index in [0.29, 0.717) is 29.7 Å². The second-order valence-corrected chi connectivity index (χ2v) is 12.4. The minimum Gasteiger partial charge on any atom is -0.398 e. The number of hydrogen-bond donors (Lipinski definition) is 1. The first-order valence-electron chi connectivity index (χ1n) is 17.1. The number of nitrogens with zero attached hydrogens (tertiary/aromatic N) is 4. The second kappa shape index (κ2) is 14.4. The first-order valence-corrected chi connectivity index (χ1v) is 17.1. The van der Waals surface area contributed by atoms with E-state index in [0.717, 1.165) is 67.1 Å². The average molecular weight is 658 g/mol. The minimum atomic E-state index is 0.469. The molecular formula is C46H35N5. The lowest BCUT2D eigenvalue weighted by molar-refractivity contribution is 1.04. The van der Waals surface area contributed by atoms with Gasteiger partial charge in [0, 0.05) is 28.0 Å². The summed E-state index contributed by atoms with van der Waals surface area (Å²) in [5, 5.41) is 4.28. The van der Waals surface area contributed by atoms with Gasteiger partial charge in [-0.2, -0.15) is 0 Å². The van der Waals surface area contributed by atoms with Crippen molar-refractivity contribution >= 4 is 38.5 Å². The number of fused-ring (bicyclic) bond motifs is 3. The van der Waals surface area contributed by atoms with Crippen LogP contribution in [-0.4, -0.2) is 20.7 Å². The van der Waals surface area contributed by atoms with Crippen molar-refractivity contribution < 1.29 is 0 Å². The van der Waals surface area contributed by atoms with Crippen molar-refractivity contribution in [3.05, 3.63) is 198 Å². The van der Waals surface area contributed by atoms with Gasteiger partial charge in [0.2, 0.25) is 0 Å². The van der Waals surface area contributed by atoms with Crippen molar-refractivity contribution in [1.82, 2.24) is 15.0 Å². The van der Waals surface area contributed by atoms with Gasteiger partial charge in [-0.1, -0.05) is 170 Å². The predicted octanol–water partition coefficient (Wildman–Crippen LogP) is 10.4. The van der Waals surface area contributed by atoms with E-state index in [1.165, 1.54) is 0 Å². The zero-order valence-corrected chi connectivity index (χ0v) is 28.0. The van der Waals surface area contributed by atoms with Crippen LogP contribution in [0.5, 0.6) is 0 Å². The van der Waals surface area contributed by atoms with Crippen LogP contribution in [0.1, 0.15) is 28.9 Å². The zero-order valence-electron chi connectivity index (χ0n) is 28.0. The molecule has 0 unspecified atom stereocenters. The first-order chi connectivity index (χ1) is 25.2. The monoisotopic (exact) mass is 657 g/mol. The molecule has 1 aliphatic carbocycles. The van der Waals surface area contributed by atoms with E-state index in [9.17, 15) is 0 Å².